The lowest BCUT2D eigenvalue weighted by molar-refractivity contribution is 0.601. The van der Waals surface area contributed by atoms with Crippen LogP contribution < -0.4 is 5.56 Å². The van der Waals surface area contributed by atoms with Gasteiger partial charge in [-0.15, -0.1) is 10.2 Å². The molecule has 12 heteroatoms. The Balaban J connectivity index is 1.61. The Labute approximate surface area is 221 Å². The van der Waals surface area contributed by atoms with Gasteiger partial charge in [0.2, 0.25) is 0 Å². The Bertz CT molecular complexity index is 2140. The van der Waals surface area contributed by atoms with Gasteiger partial charge in [0.1, 0.15) is 17.3 Å². The Hall–Kier alpha value is -5.41. The predicted octanol–water partition coefficient (Wildman–Crippen LogP) is 4.72. The number of hydrogen-bond donors (Lipinski definition) is 1. The van der Waals surface area contributed by atoms with Gasteiger partial charge in [-0.05, 0) is 24.3 Å². The molecule has 6 rings (SSSR count). The number of H-pyrrole nitrogens is 1. The van der Waals surface area contributed by atoms with Crippen LogP contribution in [0, 0.1) is 11.3 Å². The fourth-order valence-electron chi connectivity index (χ4n) is 4.34. The maximum atomic E-state index is 12.9. The quantitative estimate of drug-likeness (QED) is 0.316. The fraction of sp³-hybridized carbons (Fsp3) is 0.0370. The summed E-state index contributed by atoms with van der Waals surface area (Å²) < 4.78 is 27.7. The molecule has 190 valence electrons. The molecule has 0 saturated carbocycles. The van der Waals surface area contributed by atoms with Gasteiger partial charge >= 0.3 is 0 Å². The molecule has 3 aromatic heterocycles. The third-order valence-corrected chi connectivity index (χ3v) is 7.26. The molecule has 1 N–H and O–H groups in total. The number of azo groups is 1. The van der Waals surface area contributed by atoms with Crippen molar-refractivity contribution in [3.63, 3.8) is 0 Å². The zero-order valence-corrected chi connectivity index (χ0v) is 21.2. The molecule has 39 heavy (non-hydrogen) atoms. The number of nitrogens with one attached hydrogen (secondary N) is 1. The molecule has 0 radical (unpaired) electrons. The van der Waals surface area contributed by atoms with Gasteiger partial charge in [-0.2, -0.15) is 15.5 Å². The third kappa shape index (κ3) is 4.07. The van der Waals surface area contributed by atoms with Crippen LogP contribution in [0.25, 0.3) is 33.5 Å². The van der Waals surface area contributed by atoms with Crippen molar-refractivity contribution in [2.24, 2.45) is 10.2 Å². The molecular formula is C27H18N8O3S. The van der Waals surface area contributed by atoms with Crippen molar-refractivity contribution in [2.45, 2.75) is 4.90 Å². The molecule has 0 unspecified atom stereocenters. The zero-order valence-electron chi connectivity index (χ0n) is 20.3. The highest BCUT2D eigenvalue weighted by atomic mass is 32.2. The highest BCUT2D eigenvalue weighted by Crippen LogP contribution is 2.36. The van der Waals surface area contributed by atoms with E-state index in [1.807, 2.05) is 42.5 Å². The summed E-state index contributed by atoms with van der Waals surface area (Å²) in [5.41, 5.74) is 2.32. The molecule has 3 aromatic carbocycles. The molecule has 0 atom stereocenters. The first-order chi connectivity index (χ1) is 18.9. The molecule has 6 aromatic rings. The molecule has 0 amide bonds. The van der Waals surface area contributed by atoms with Crippen molar-refractivity contribution in [3.05, 3.63) is 101 Å². The van der Waals surface area contributed by atoms with Crippen LogP contribution in [0.3, 0.4) is 0 Å². The van der Waals surface area contributed by atoms with Gasteiger partial charge in [0.05, 0.1) is 27.7 Å². The first kappa shape index (κ1) is 24.0. The molecule has 0 aliphatic rings. The van der Waals surface area contributed by atoms with Crippen LogP contribution >= 0.6 is 0 Å². The second kappa shape index (κ2) is 9.16. The molecule has 0 saturated heterocycles. The highest BCUT2D eigenvalue weighted by molar-refractivity contribution is 7.90. The van der Waals surface area contributed by atoms with Crippen molar-refractivity contribution in [2.75, 3.05) is 6.26 Å². The van der Waals surface area contributed by atoms with E-state index in [1.165, 1.54) is 16.9 Å². The first-order valence-corrected chi connectivity index (χ1v) is 13.5. The van der Waals surface area contributed by atoms with Crippen LogP contribution in [0.5, 0.6) is 0 Å². The van der Waals surface area contributed by atoms with Crippen LogP contribution in [-0.2, 0) is 9.84 Å². The average Bonchev–Trinajstić information content (AvgIpc) is 3.53. The molecule has 0 aliphatic heterocycles. The van der Waals surface area contributed by atoms with Crippen molar-refractivity contribution in [1.29, 1.82) is 5.26 Å². The summed E-state index contributed by atoms with van der Waals surface area (Å²) in [5.74, 6) is 0.0232. The number of nitrogens with zero attached hydrogens (tertiary/aromatic N) is 7. The van der Waals surface area contributed by atoms with Crippen molar-refractivity contribution in [1.82, 2.24) is 24.4 Å². The normalized spacial score (nSPS) is 11.9. The minimum Gasteiger partial charge on any atom is -0.304 e. The fourth-order valence-corrected chi connectivity index (χ4v) is 5.20. The number of sulfone groups is 1. The second-order valence-electron chi connectivity index (χ2n) is 8.64. The summed E-state index contributed by atoms with van der Waals surface area (Å²) in [6, 6.07) is 24.7. The molecule has 0 bridgehead atoms. The van der Waals surface area contributed by atoms with Crippen LogP contribution in [0.2, 0.25) is 0 Å². The zero-order chi connectivity index (χ0) is 27.1. The molecule has 0 aliphatic carbocycles. The molecule has 3 heterocycles. The summed E-state index contributed by atoms with van der Waals surface area (Å²) in [5, 5.41) is 28.0. The van der Waals surface area contributed by atoms with Crippen molar-refractivity contribution < 1.29 is 8.42 Å². The SMILES string of the molecule is CS(=O)(=O)c1ccccc1-n1ncc(C#N)c1N=Nc1c(-c2ccccc2)nn2c1[nH]c(=O)c1ccccc12. The van der Waals surface area contributed by atoms with E-state index in [1.54, 1.807) is 40.9 Å². The van der Waals surface area contributed by atoms with Gasteiger partial charge in [0.15, 0.2) is 27.0 Å². The van der Waals surface area contributed by atoms with Crippen LogP contribution in [0.1, 0.15) is 5.56 Å². The Kier molecular flexibility index (Phi) is 5.63. The number of hydrogen-bond acceptors (Lipinski definition) is 8. The number of aromatic amines is 1. The maximum absolute atomic E-state index is 12.9. The minimum absolute atomic E-state index is 0.0193. The van der Waals surface area contributed by atoms with E-state index in [4.69, 9.17) is 5.10 Å². The molecule has 11 nitrogen and oxygen atoms in total. The monoisotopic (exact) mass is 534 g/mol. The first-order valence-electron chi connectivity index (χ1n) is 11.7. The van der Waals surface area contributed by atoms with Crippen molar-refractivity contribution in [3.8, 4) is 23.0 Å². The lowest BCUT2D eigenvalue weighted by Gasteiger charge is -2.09. The number of nitriles is 1. The minimum atomic E-state index is -3.62. The molecule has 0 fully saturated rings. The van der Waals surface area contributed by atoms with Gasteiger partial charge in [0.25, 0.3) is 5.56 Å². The lowest BCUT2D eigenvalue weighted by Crippen LogP contribution is -2.09. The summed E-state index contributed by atoms with van der Waals surface area (Å²) in [6.07, 6.45) is 2.38. The van der Waals surface area contributed by atoms with Gasteiger partial charge in [-0.3, -0.25) is 4.79 Å². The van der Waals surface area contributed by atoms with Gasteiger partial charge < -0.3 is 4.98 Å². The maximum Gasteiger partial charge on any atom is 0.259 e. The number of rotatable bonds is 5. The Morgan fingerprint density at radius 2 is 1.67 bits per heavy atom. The van der Waals surface area contributed by atoms with Gasteiger partial charge in [-0.25, -0.2) is 17.6 Å². The van der Waals surface area contributed by atoms with Crippen molar-refractivity contribution >= 4 is 37.9 Å². The van der Waals surface area contributed by atoms with E-state index in [0.717, 1.165) is 11.8 Å². The second-order valence-corrected chi connectivity index (χ2v) is 10.6. The topological polar surface area (TPSA) is 151 Å². The van der Waals surface area contributed by atoms with E-state index >= 15 is 0 Å². The number of aromatic nitrogens is 5. The number of benzene rings is 3. The summed E-state index contributed by atoms with van der Waals surface area (Å²) in [7, 11) is -3.62. The Morgan fingerprint density at radius 1 is 0.949 bits per heavy atom. The van der Waals surface area contributed by atoms with Gasteiger partial charge in [-0.1, -0.05) is 54.6 Å². The summed E-state index contributed by atoms with van der Waals surface area (Å²) in [6.45, 7) is 0. The van der Waals surface area contributed by atoms with E-state index in [-0.39, 0.29) is 33.2 Å². The van der Waals surface area contributed by atoms with E-state index in [9.17, 15) is 18.5 Å². The van der Waals surface area contributed by atoms with E-state index < -0.39 is 9.84 Å². The Morgan fingerprint density at radius 3 is 2.44 bits per heavy atom. The third-order valence-electron chi connectivity index (χ3n) is 6.12. The van der Waals surface area contributed by atoms with Crippen LogP contribution in [0.15, 0.2) is 105 Å². The van der Waals surface area contributed by atoms with Gasteiger partial charge in [0, 0.05) is 11.8 Å². The lowest BCUT2D eigenvalue weighted by atomic mass is 10.1. The largest absolute Gasteiger partial charge is 0.304 e. The summed E-state index contributed by atoms with van der Waals surface area (Å²) >= 11 is 0. The standard InChI is InChI=1S/C27H18N8O3S/c1-39(37,38)22-14-8-7-13-21(22)34-25(18(15-28)16-29-34)32-31-24-23(17-9-3-2-4-10-17)33-35-20-12-6-5-11-19(20)27(36)30-26(24)35/h2-14,16H,1H3,(H,30,36). The molecule has 0 spiro atoms. The van der Waals surface area contributed by atoms with Crippen LogP contribution in [0.4, 0.5) is 11.5 Å². The van der Waals surface area contributed by atoms with E-state index in [0.29, 0.717) is 22.2 Å². The number of para-hydroxylation sites is 2. The van der Waals surface area contributed by atoms with E-state index in [2.05, 4.69) is 20.3 Å². The molecular weight excluding hydrogens is 516 g/mol. The average molecular weight is 535 g/mol. The predicted molar refractivity (Wildman–Crippen MR) is 144 cm³/mol. The highest BCUT2D eigenvalue weighted by Gasteiger charge is 2.21. The summed E-state index contributed by atoms with van der Waals surface area (Å²) in [4.78, 5) is 15.8. The smallest absolute Gasteiger partial charge is 0.259 e. The number of fused-ring (bicyclic) bond motifs is 3. The van der Waals surface area contributed by atoms with Crippen LogP contribution in [-0.4, -0.2) is 39.1 Å².